The zero-order valence-corrected chi connectivity index (χ0v) is 12.2. The van der Waals surface area contributed by atoms with Gasteiger partial charge < -0.3 is 5.32 Å². The first kappa shape index (κ1) is 15.2. The van der Waals surface area contributed by atoms with E-state index in [-0.39, 0.29) is 5.41 Å². The number of hydrogen-bond donors (Lipinski definition) is 1. The Bertz CT molecular complexity index is 654. The van der Waals surface area contributed by atoms with E-state index >= 15 is 0 Å². The quantitative estimate of drug-likeness (QED) is 0.865. The summed E-state index contributed by atoms with van der Waals surface area (Å²) in [6.07, 6.45) is 0. The number of rotatable bonds is 2. The second-order valence-corrected chi connectivity index (χ2v) is 5.85. The fourth-order valence-corrected chi connectivity index (χ4v) is 2.15. The minimum Gasteiger partial charge on any atom is -0.322 e. The number of halogens is 2. The number of carbonyl (C=O) groups is 1. The number of carbonyl (C=O) groups excluding carboxylic acids is 1. The van der Waals surface area contributed by atoms with Gasteiger partial charge in [0.25, 0.3) is 5.91 Å². The van der Waals surface area contributed by atoms with Crippen LogP contribution in [0.1, 0.15) is 36.7 Å². The normalized spacial score (nSPS) is 11.3. The van der Waals surface area contributed by atoms with Gasteiger partial charge in [0.1, 0.15) is 17.2 Å². The molecular weight excluding hydrogens is 272 g/mol. The molecule has 2 aromatic carbocycles. The minimum absolute atomic E-state index is 0.197. The van der Waals surface area contributed by atoms with Crippen molar-refractivity contribution in [3.8, 4) is 0 Å². The monoisotopic (exact) mass is 289 g/mol. The molecule has 0 unspecified atom stereocenters. The van der Waals surface area contributed by atoms with Crippen molar-refractivity contribution in [3.63, 3.8) is 0 Å². The highest BCUT2D eigenvalue weighted by atomic mass is 19.1. The molecule has 0 aliphatic rings. The Morgan fingerprint density at radius 3 is 2.10 bits per heavy atom. The number of para-hydroxylation sites is 1. The number of hydrogen-bond acceptors (Lipinski definition) is 1. The molecule has 1 N–H and O–H groups in total. The fraction of sp³-hybridized carbons (Fsp3) is 0.235. The number of benzene rings is 2. The van der Waals surface area contributed by atoms with E-state index in [4.69, 9.17) is 0 Å². The summed E-state index contributed by atoms with van der Waals surface area (Å²) in [5.74, 6) is -2.54. The zero-order valence-electron chi connectivity index (χ0n) is 12.2. The van der Waals surface area contributed by atoms with Gasteiger partial charge in [0, 0.05) is 5.69 Å². The fourth-order valence-electron chi connectivity index (χ4n) is 2.15. The molecule has 0 heterocycles. The van der Waals surface area contributed by atoms with Crippen LogP contribution in [0.15, 0.2) is 42.5 Å². The van der Waals surface area contributed by atoms with Crippen molar-refractivity contribution in [2.45, 2.75) is 26.2 Å². The summed E-state index contributed by atoms with van der Waals surface area (Å²) in [6.45, 7) is 6.00. The van der Waals surface area contributed by atoms with Crippen molar-refractivity contribution >= 4 is 11.6 Å². The molecule has 0 saturated carbocycles. The van der Waals surface area contributed by atoms with E-state index in [1.165, 1.54) is 6.07 Å². The lowest BCUT2D eigenvalue weighted by Gasteiger charge is -2.23. The zero-order chi connectivity index (χ0) is 15.6. The van der Waals surface area contributed by atoms with E-state index in [0.717, 1.165) is 17.7 Å². The Hall–Kier alpha value is -2.23. The molecule has 0 atom stereocenters. The highest BCUT2D eigenvalue weighted by Gasteiger charge is 2.21. The highest BCUT2D eigenvalue weighted by Crippen LogP contribution is 2.29. The SMILES string of the molecule is CC(C)(C)c1ccccc1NC(=O)c1c(F)cccc1F. The predicted octanol–water partition coefficient (Wildman–Crippen LogP) is 4.51. The predicted molar refractivity (Wildman–Crippen MR) is 79.5 cm³/mol. The van der Waals surface area contributed by atoms with Crippen LogP contribution < -0.4 is 5.32 Å². The summed E-state index contributed by atoms with van der Waals surface area (Å²) in [5, 5.41) is 2.60. The number of amides is 1. The first-order chi connectivity index (χ1) is 9.80. The van der Waals surface area contributed by atoms with Crippen molar-refractivity contribution in [2.24, 2.45) is 0 Å². The van der Waals surface area contributed by atoms with Gasteiger partial charge in [-0.05, 0) is 29.2 Å². The average Bonchev–Trinajstić information content (AvgIpc) is 2.37. The van der Waals surface area contributed by atoms with Gasteiger partial charge in [-0.3, -0.25) is 4.79 Å². The van der Waals surface area contributed by atoms with E-state index in [1.54, 1.807) is 12.1 Å². The molecule has 0 bridgehead atoms. The van der Waals surface area contributed by atoms with Crippen molar-refractivity contribution in [1.29, 1.82) is 0 Å². The summed E-state index contributed by atoms with van der Waals surface area (Å²) >= 11 is 0. The van der Waals surface area contributed by atoms with Gasteiger partial charge in [0.2, 0.25) is 0 Å². The molecule has 110 valence electrons. The minimum atomic E-state index is -0.874. The van der Waals surface area contributed by atoms with Gasteiger partial charge >= 0.3 is 0 Å². The van der Waals surface area contributed by atoms with Crippen molar-refractivity contribution < 1.29 is 13.6 Å². The Morgan fingerprint density at radius 2 is 1.52 bits per heavy atom. The van der Waals surface area contributed by atoms with Gasteiger partial charge in [0.05, 0.1) is 0 Å². The first-order valence-electron chi connectivity index (χ1n) is 6.65. The van der Waals surface area contributed by atoms with Gasteiger partial charge in [-0.2, -0.15) is 0 Å². The summed E-state index contributed by atoms with van der Waals surface area (Å²) < 4.78 is 27.3. The van der Waals surface area contributed by atoms with E-state index in [1.807, 2.05) is 32.9 Å². The second-order valence-electron chi connectivity index (χ2n) is 5.85. The third-order valence-corrected chi connectivity index (χ3v) is 3.17. The molecular formula is C17H17F2NO. The molecule has 2 nitrogen and oxygen atoms in total. The molecule has 21 heavy (non-hydrogen) atoms. The molecule has 2 aromatic rings. The molecule has 2 rings (SSSR count). The lowest BCUT2D eigenvalue weighted by atomic mass is 9.86. The molecule has 4 heteroatoms. The maximum absolute atomic E-state index is 13.6. The lowest BCUT2D eigenvalue weighted by Crippen LogP contribution is -2.20. The lowest BCUT2D eigenvalue weighted by molar-refractivity contribution is 0.101. The number of anilines is 1. The molecule has 0 aliphatic heterocycles. The average molecular weight is 289 g/mol. The first-order valence-corrected chi connectivity index (χ1v) is 6.65. The summed E-state index contributed by atoms with van der Waals surface area (Å²) in [4.78, 5) is 12.1. The van der Waals surface area contributed by atoms with Crippen LogP contribution in [-0.4, -0.2) is 5.91 Å². The summed E-state index contributed by atoms with van der Waals surface area (Å²) in [6, 6.07) is 10.6. The Balaban J connectivity index is 2.38. The topological polar surface area (TPSA) is 29.1 Å². The molecule has 1 amide bonds. The van der Waals surface area contributed by atoms with Crippen LogP contribution >= 0.6 is 0 Å². The van der Waals surface area contributed by atoms with Crippen LogP contribution in [0.2, 0.25) is 0 Å². The summed E-state index contributed by atoms with van der Waals surface area (Å²) in [7, 11) is 0. The highest BCUT2D eigenvalue weighted by molar-refractivity contribution is 6.05. The van der Waals surface area contributed by atoms with Gasteiger partial charge in [0.15, 0.2) is 0 Å². The van der Waals surface area contributed by atoms with Crippen LogP contribution in [0.25, 0.3) is 0 Å². The molecule has 0 aromatic heterocycles. The Kier molecular flexibility index (Phi) is 4.07. The maximum Gasteiger partial charge on any atom is 0.261 e. The largest absolute Gasteiger partial charge is 0.322 e. The van der Waals surface area contributed by atoms with Gasteiger partial charge in [-0.1, -0.05) is 45.0 Å². The smallest absolute Gasteiger partial charge is 0.261 e. The van der Waals surface area contributed by atoms with Crippen molar-refractivity contribution in [3.05, 3.63) is 65.2 Å². The van der Waals surface area contributed by atoms with Crippen LogP contribution in [-0.2, 0) is 5.41 Å². The van der Waals surface area contributed by atoms with E-state index in [9.17, 15) is 13.6 Å². The number of nitrogens with one attached hydrogen (secondary N) is 1. The standard InChI is InChI=1S/C17H17F2NO/c1-17(2,3)11-7-4-5-10-14(11)20-16(21)15-12(18)8-6-9-13(15)19/h4-10H,1-3H3,(H,20,21). The Morgan fingerprint density at radius 1 is 0.952 bits per heavy atom. The second kappa shape index (κ2) is 5.64. The van der Waals surface area contributed by atoms with Gasteiger partial charge in [-0.15, -0.1) is 0 Å². The van der Waals surface area contributed by atoms with E-state index in [2.05, 4.69) is 5.32 Å². The third kappa shape index (κ3) is 3.27. The molecule has 0 saturated heterocycles. The third-order valence-electron chi connectivity index (χ3n) is 3.17. The van der Waals surface area contributed by atoms with Crippen LogP contribution in [0.4, 0.5) is 14.5 Å². The van der Waals surface area contributed by atoms with Crippen molar-refractivity contribution in [1.82, 2.24) is 0 Å². The van der Waals surface area contributed by atoms with E-state index in [0.29, 0.717) is 5.69 Å². The molecule has 0 aliphatic carbocycles. The maximum atomic E-state index is 13.6. The molecule has 0 spiro atoms. The molecule has 0 radical (unpaired) electrons. The summed E-state index contributed by atoms with van der Waals surface area (Å²) in [5.41, 5.74) is 0.687. The van der Waals surface area contributed by atoms with Crippen LogP contribution in [0.5, 0.6) is 0 Å². The molecule has 0 fully saturated rings. The van der Waals surface area contributed by atoms with Crippen LogP contribution in [0.3, 0.4) is 0 Å². The van der Waals surface area contributed by atoms with Crippen LogP contribution in [0, 0.1) is 11.6 Å². The van der Waals surface area contributed by atoms with E-state index < -0.39 is 23.1 Å². The Labute approximate surface area is 122 Å². The van der Waals surface area contributed by atoms with Crippen molar-refractivity contribution in [2.75, 3.05) is 5.32 Å². The van der Waals surface area contributed by atoms with Gasteiger partial charge in [-0.25, -0.2) is 8.78 Å².